The molecule has 4 amide bonds. The third-order valence-electron chi connectivity index (χ3n) is 12.6. The molecule has 11 nitrogen and oxygen atoms in total. The molecule has 63 heavy (non-hydrogen) atoms. The number of hydrogen-bond acceptors (Lipinski definition) is 7. The van der Waals surface area contributed by atoms with Gasteiger partial charge in [-0.3, -0.25) is 29.0 Å². The monoisotopic (exact) mass is 852 g/mol. The van der Waals surface area contributed by atoms with Crippen molar-refractivity contribution in [2.45, 2.75) is 90.4 Å². The van der Waals surface area contributed by atoms with Crippen LogP contribution in [0.4, 0.5) is 11.4 Å². The van der Waals surface area contributed by atoms with Crippen molar-refractivity contribution < 1.29 is 23.6 Å². The lowest BCUT2D eigenvalue weighted by atomic mass is 10.0. The number of anilines is 2. The molecular weight excluding hydrogens is 789 g/mol. The highest BCUT2D eigenvalue weighted by molar-refractivity contribution is 6.00. The van der Waals surface area contributed by atoms with Gasteiger partial charge in [-0.05, 0) is 137 Å². The Balaban J connectivity index is 0.990. The van der Waals surface area contributed by atoms with Crippen LogP contribution in [0, 0.1) is 11.8 Å². The zero-order valence-electron chi connectivity index (χ0n) is 37.8. The number of nitrogens with one attached hydrogen (secondary N) is 2. The van der Waals surface area contributed by atoms with E-state index in [1.165, 1.54) is 0 Å². The van der Waals surface area contributed by atoms with Crippen LogP contribution < -0.4 is 10.6 Å². The summed E-state index contributed by atoms with van der Waals surface area (Å²) in [6.45, 7) is 11.4. The largest absolute Gasteiger partial charge is 0.456 e. The van der Waals surface area contributed by atoms with E-state index < -0.39 is 24.2 Å². The molecule has 11 heteroatoms. The van der Waals surface area contributed by atoms with E-state index in [1.54, 1.807) is 9.80 Å². The van der Waals surface area contributed by atoms with Crippen molar-refractivity contribution in [3.63, 3.8) is 0 Å². The second kappa shape index (κ2) is 20.6. The number of nitrogens with zero attached hydrogens (tertiary/aromatic N) is 4. The number of rotatable bonds is 17. The molecule has 2 aliphatic heterocycles. The van der Waals surface area contributed by atoms with Gasteiger partial charge in [0.1, 0.15) is 35.5 Å². The van der Waals surface area contributed by atoms with Crippen molar-refractivity contribution in [3.8, 4) is 11.3 Å². The van der Waals surface area contributed by atoms with Gasteiger partial charge in [0.15, 0.2) is 0 Å². The average Bonchev–Trinajstić information content (AvgIpc) is 4.07. The normalized spacial score (nSPS) is 17.6. The van der Waals surface area contributed by atoms with Crippen LogP contribution in [-0.2, 0) is 19.2 Å². The molecule has 0 bridgehead atoms. The molecule has 3 heterocycles. The van der Waals surface area contributed by atoms with Crippen LogP contribution in [0.2, 0.25) is 0 Å². The summed E-state index contributed by atoms with van der Waals surface area (Å²) in [6, 6.07) is 32.6. The Hall–Kier alpha value is -5.78. The summed E-state index contributed by atoms with van der Waals surface area (Å²) in [5.74, 6) is 1.17. The van der Waals surface area contributed by atoms with Gasteiger partial charge in [0.05, 0.1) is 0 Å². The van der Waals surface area contributed by atoms with Crippen molar-refractivity contribution in [1.82, 2.24) is 19.6 Å². The maximum absolute atomic E-state index is 14.3. The molecule has 0 aliphatic carbocycles. The summed E-state index contributed by atoms with van der Waals surface area (Å²) in [5, 5.41) is 6.98. The fraction of sp³-hybridized carbons (Fsp3) is 0.423. The predicted molar refractivity (Wildman–Crippen MR) is 251 cm³/mol. The van der Waals surface area contributed by atoms with E-state index >= 15 is 0 Å². The van der Waals surface area contributed by atoms with Gasteiger partial charge in [-0.1, -0.05) is 88.4 Å². The molecule has 0 spiro atoms. The number of likely N-dealkylation sites (N-methyl/N-ethyl adjacent to an activating group) is 2. The molecule has 2 aliphatic rings. The van der Waals surface area contributed by atoms with Gasteiger partial charge in [0.2, 0.25) is 23.6 Å². The Morgan fingerprint density at radius 1 is 0.619 bits per heavy atom. The topological polar surface area (TPSA) is 118 Å². The quantitative estimate of drug-likeness (QED) is 0.0958. The Kier molecular flexibility index (Phi) is 14.8. The smallest absolute Gasteiger partial charge is 0.247 e. The maximum Gasteiger partial charge on any atom is 0.247 e. The van der Waals surface area contributed by atoms with Crippen LogP contribution in [0.3, 0.4) is 0 Å². The highest BCUT2D eigenvalue weighted by atomic mass is 16.3. The number of likely N-dealkylation sites (tertiary alicyclic amines) is 2. The fourth-order valence-corrected chi connectivity index (χ4v) is 8.98. The highest BCUT2D eigenvalue weighted by Crippen LogP contribution is 2.33. The minimum atomic E-state index is -0.568. The van der Waals surface area contributed by atoms with Gasteiger partial charge < -0.3 is 24.9 Å². The van der Waals surface area contributed by atoms with Crippen molar-refractivity contribution in [3.05, 3.63) is 120 Å². The number of amides is 4. The standard InChI is InChI=1S/C52H64N6O5/c1-35(2)27-31-55(5)47(38-15-9-7-10-16-38)51(61)57-29-13-19-43(57)49(59)53-41-23-21-37(22-24-41)46-34-40-33-42(25-26-45(40)63-46)54-50(60)44-20-14-30-58(44)52(62)48(39-17-11-8-12-18-39)56(6)32-28-36(3)4/h7-12,15-18,21-26,33-36,43-44,47-48H,13-14,19-20,27-32H2,1-6H3,(H,53,59)(H,54,60)/t43-,44-,47+,48+/m0/s1. The lowest BCUT2D eigenvalue weighted by Crippen LogP contribution is -2.48. The number of fused-ring (bicyclic) bond motifs is 1. The van der Waals surface area contributed by atoms with Crippen LogP contribution in [0.25, 0.3) is 22.3 Å². The van der Waals surface area contributed by atoms with Gasteiger partial charge in [-0.25, -0.2) is 0 Å². The lowest BCUT2D eigenvalue weighted by molar-refractivity contribution is -0.141. The lowest BCUT2D eigenvalue weighted by Gasteiger charge is -2.33. The Morgan fingerprint density at radius 2 is 1.08 bits per heavy atom. The summed E-state index contributed by atoms with van der Waals surface area (Å²) in [5.41, 5.74) is 4.62. The van der Waals surface area contributed by atoms with Gasteiger partial charge in [-0.2, -0.15) is 0 Å². The molecule has 0 unspecified atom stereocenters. The van der Waals surface area contributed by atoms with Gasteiger partial charge in [0.25, 0.3) is 0 Å². The summed E-state index contributed by atoms with van der Waals surface area (Å²) in [6.07, 6.45) is 4.68. The molecule has 2 fully saturated rings. The number of furan rings is 1. The van der Waals surface area contributed by atoms with E-state index in [-0.39, 0.29) is 23.6 Å². The zero-order valence-corrected chi connectivity index (χ0v) is 37.8. The van der Waals surface area contributed by atoms with E-state index in [4.69, 9.17) is 4.42 Å². The number of carbonyl (C=O) groups excluding carboxylic acids is 4. The van der Waals surface area contributed by atoms with Crippen LogP contribution in [0.15, 0.2) is 114 Å². The first-order valence-corrected chi connectivity index (χ1v) is 22.7. The van der Waals surface area contributed by atoms with Crippen molar-refractivity contribution in [1.29, 1.82) is 0 Å². The molecule has 4 atom stereocenters. The average molecular weight is 853 g/mol. The molecule has 2 saturated heterocycles. The Morgan fingerprint density at radius 3 is 1.56 bits per heavy atom. The van der Waals surface area contributed by atoms with E-state index in [1.807, 2.05) is 123 Å². The molecular formula is C52H64N6O5. The molecule has 2 N–H and O–H groups in total. The van der Waals surface area contributed by atoms with E-state index in [9.17, 15) is 19.2 Å². The first-order valence-electron chi connectivity index (χ1n) is 22.7. The second-order valence-electron chi connectivity index (χ2n) is 18.3. The molecule has 0 saturated carbocycles. The number of carbonyl (C=O) groups is 4. The van der Waals surface area contributed by atoms with E-state index in [2.05, 4.69) is 48.1 Å². The van der Waals surface area contributed by atoms with Crippen LogP contribution in [0.5, 0.6) is 0 Å². The SMILES string of the molecule is CC(C)CCN(C)[C@@H](C(=O)N1CCC[C@H]1C(=O)Nc1ccc(-c2cc3cc(NC(=O)[C@@H]4CCCN4C(=O)[C@@H](c4ccccc4)N(C)CCC(C)C)ccc3o2)cc1)c1ccccc1. The summed E-state index contributed by atoms with van der Waals surface area (Å²) >= 11 is 0. The van der Waals surface area contributed by atoms with Crippen molar-refractivity contribution in [2.75, 3.05) is 50.9 Å². The van der Waals surface area contributed by atoms with Crippen LogP contribution >= 0.6 is 0 Å². The van der Waals surface area contributed by atoms with Crippen molar-refractivity contribution >= 4 is 46.0 Å². The Labute approximate surface area is 372 Å². The van der Waals surface area contributed by atoms with Gasteiger partial charge in [0, 0.05) is 35.4 Å². The molecule has 1 aromatic heterocycles. The number of hydrogen-bond donors (Lipinski definition) is 2. The Bertz CT molecular complexity index is 2330. The molecule has 5 aromatic rings. The molecule has 4 aromatic carbocycles. The summed E-state index contributed by atoms with van der Waals surface area (Å²) in [7, 11) is 3.99. The van der Waals surface area contributed by atoms with Gasteiger partial charge >= 0.3 is 0 Å². The molecule has 0 radical (unpaired) electrons. The predicted octanol–water partition coefficient (Wildman–Crippen LogP) is 9.40. The third-order valence-corrected chi connectivity index (χ3v) is 12.6. The van der Waals surface area contributed by atoms with E-state index in [0.29, 0.717) is 60.5 Å². The zero-order chi connectivity index (χ0) is 44.6. The summed E-state index contributed by atoms with van der Waals surface area (Å²) < 4.78 is 6.23. The highest BCUT2D eigenvalue weighted by Gasteiger charge is 2.40. The summed E-state index contributed by atoms with van der Waals surface area (Å²) in [4.78, 5) is 63.8. The molecule has 7 rings (SSSR count). The number of benzene rings is 4. The van der Waals surface area contributed by atoms with E-state index in [0.717, 1.165) is 60.8 Å². The van der Waals surface area contributed by atoms with Crippen LogP contribution in [-0.4, -0.2) is 95.6 Å². The minimum absolute atomic E-state index is 0.0448. The van der Waals surface area contributed by atoms with Gasteiger partial charge in [-0.15, -0.1) is 0 Å². The minimum Gasteiger partial charge on any atom is -0.456 e. The third kappa shape index (κ3) is 10.9. The first-order chi connectivity index (χ1) is 30.4. The maximum atomic E-state index is 14.3. The van der Waals surface area contributed by atoms with Crippen LogP contribution in [0.1, 0.15) is 89.4 Å². The second-order valence-corrected chi connectivity index (χ2v) is 18.3. The first kappa shape index (κ1) is 45.3. The molecule has 332 valence electrons. The van der Waals surface area contributed by atoms with Crippen molar-refractivity contribution in [2.24, 2.45) is 11.8 Å². The fourth-order valence-electron chi connectivity index (χ4n) is 8.98.